The predicted octanol–water partition coefficient (Wildman–Crippen LogP) is 0.645. The van der Waals surface area contributed by atoms with Gasteiger partial charge in [-0.2, -0.15) is 0 Å². The first kappa shape index (κ1) is 11.2. The van der Waals surface area contributed by atoms with Gasteiger partial charge in [-0.1, -0.05) is 11.6 Å². The average Bonchev–Trinajstić information content (AvgIpc) is 2.86. The monoisotopic (exact) mass is 236 g/mol. The molecule has 1 N–H and O–H groups in total. The van der Waals surface area contributed by atoms with E-state index in [1.165, 1.54) is 38.8 Å². The molecule has 2 fully saturated rings. The SMILES string of the molecule is OCc1cn(CC2CCN(C3CCC3)C2)nn1. The Balaban J connectivity index is 1.52. The van der Waals surface area contributed by atoms with E-state index < -0.39 is 0 Å². The molecular formula is C12H20N4O. The van der Waals surface area contributed by atoms with Crippen molar-refractivity contribution in [2.24, 2.45) is 5.92 Å². The number of aromatic nitrogens is 3. The van der Waals surface area contributed by atoms with Crippen LogP contribution < -0.4 is 0 Å². The fraction of sp³-hybridized carbons (Fsp3) is 0.833. The second-order valence-corrected chi connectivity index (χ2v) is 5.32. The summed E-state index contributed by atoms with van der Waals surface area (Å²) in [5.41, 5.74) is 0.666. The lowest BCUT2D eigenvalue weighted by Gasteiger charge is -2.34. The van der Waals surface area contributed by atoms with Gasteiger partial charge in [0.2, 0.25) is 0 Å². The highest BCUT2D eigenvalue weighted by Gasteiger charge is 2.31. The van der Waals surface area contributed by atoms with Crippen molar-refractivity contribution in [3.05, 3.63) is 11.9 Å². The molecule has 0 spiro atoms. The molecule has 0 aromatic carbocycles. The number of likely N-dealkylation sites (tertiary alicyclic amines) is 1. The van der Waals surface area contributed by atoms with Crippen LogP contribution in [0.1, 0.15) is 31.4 Å². The molecule has 0 radical (unpaired) electrons. The van der Waals surface area contributed by atoms with Crippen LogP contribution in [0, 0.1) is 5.92 Å². The van der Waals surface area contributed by atoms with E-state index in [4.69, 9.17) is 5.11 Å². The highest BCUT2D eigenvalue weighted by molar-refractivity contribution is 4.90. The number of rotatable bonds is 4. The third-order valence-electron chi connectivity index (χ3n) is 4.10. The van der Waals surface area contributed by atoms with Crippen LogP contribution in [-0.2, 0) is 13.2 Å². The smallest absolute Gasteiger partial charge is 0.108 e. The molecule has 94 valence electrons. The summed E-state index contributed by atoms with van der Waals surface area (Å²) in [6.45, 7) is 3.38. The van der Waals surface area contributed by atoms with E-state index >= 15 is 0 Å². The minimum Gasteiger partial charge on any atom is -0.390 e. The summed E-state index contributed by atoms with van der Waals surface area (Å²) in [4.78, 5) is 2.64. The Morgan fingerprint density at radius 3 is 2.88 bits per heavy atom. The average molecular weight is 236 g/mol. The van der Waals surface area contributed by atoms with Crippen molar-refractivity contribution in [2.75, 3.05) is 13.1 Å². The van der Waals surface area contributed by atoms with Crippen molar-refractivity contribution in [1.29, 1.82) is 0 Å². The summed E-state index contributed by atoms with van der Waals surface area (Å²) in [5.74, 6) is 0.698. The maximum Gasteiger partial charge on any atom is 0.108 e. The number of nitrogens with zero attached hydrogens (tertiary/aromatic N) is 4. The number of aliphatic hydroxyl groups is 1. The second kappa shape index (κ2) is 4.74. The number of hydrogen-bond donors (Lipinski definition) is 1. The summed E-state index contributed by atoms with van der Waals surface area (Å²) in [6.07, 6.45) is 7.32. The fourth-order valence-corrected chi connectivity index (χ4v) is 2.86. The molecule has 3 rings (SSSR count). The zero-order valence-electron chi connectivity index (χ0n) is 10.1. The van der Waals surface area contributed by atoms with Gasteiger partial charge in [0.15, 0.2) is 0 Å². The molecule has 2 aliphatic rings. The summed E-state index contributed by atoms with van der Waals surface area (Å²) < 4.78 is 1.88. The third kappa shape index (κ3) is 2.35. The van der Waals surface area contributed by atoms with Gasteiger partial charge < -0.3 is 10.0 Å². The molecule has 1 saturated heterocycles. The Morgan fingerprint density at radius 1 is 1.35 bits per heavy atom. The minimum absolute atomic E-state index is 0.0150. The van der Waals surface area contributed by atoms with Crippen molar-refractivity contribution in [2.45, 2.75) is 44.9 Å². The Hall–Kier alpha value is -0.940. The van der Waals surface area contributed by atoms with Gasteiger partial charge in [-0.3, -0.25) is 4.68 Å². The third-order valence-corrected chi connectivity index (χ3v) is 4.10. The molecule has 1 aromatic heterocycles. The van der Waals surface area contributed by atoms with Crippen LogP contribution in [0.3, 0.4) is 0 Å². The van der Waals surface area contributed by atoms with Gasteiger partial charge in [0, 0.05) is 19.1 Å². The van der Waals surface area contributed by atoms with Crippen LogP contribution in [0.25, 0.3) is 0 Å². The first-order chi connectivity index (χ1) is 8.35. The molecule has 5 heteroatoms. The lowest BCUT2D eigenvalue weighted by atomic mass is 9.92. The Morgan fingerprint density at radius 2 is 2.24 bits per heavy atom. The van der Waals surface area contributed by atoms with Gasteiger partial charge in [-0.05, 0) is 31.7 Å². The lowest BCUT2D eigenvalue weighted by molar-refractivity contribution is 0.151. The van der Waals surface area contributed by atoms with E-state index in [1.807, 2.05) is 10.9 Å². The normalized spacial score (nSPS) is 26.3. The van der Waals surface area contributed by atoms with E-state index in [1.54, 1.807) is 0 Å². The highest BCUT2D eigenvalue weighted by Crippen LogP contribution is 2.30. The molecule has 2 heterocycles. The predicted molar refractivity (Wildman–Crippen MR) is 63.3 cm³/mol. The van der Waals surface area contributed by atoms with Gasteiger partial charge in [-0.25, -0.2) is 0 Å². The summed E-state index contributed by atoms with van der Waals surface area (Å²) >= 11 is 0. The molecule has 1 unspecified atom stereocenters. The lowest BCUT2D eigenvalue weighted by Crippen LogP contribution is -2.38. The molecule has 5 nitrogen and oxygen atoms in total. The van der Waals surface area contributed by atoms with Gasteiger partial charge in [-0.15, -0.1) is 5.10 Å². The molecule has 1 aromatic rings. The van der Waals surface area contributed by atoms with E-state index in [2.05, 4.69) is 15.2 Å². The zero-order chi connectivity index (χ0) is 11.7. The summed E-state index contributed by atoms with van der Waals surface area (Å²) in [5, 5.41) is 16.9. The standard InChI is InChI=1S/C12H20N4O/c17-9-11-8-16(14-13-11)7-10-4-5-15(6-10)12-2-1-3-12/h8,10,12,17H,1-7,9H2. The number of aliphatic hydroxyl groups excluding tert-OH is 1. The molecule has 1 atom stereocenters. The molecular weight excluding hydrogens is 216 g/mol. The van der Waals surface area contributed by atoms with Crippen LogP contribution in [0.5, 0.6) is 0 Å². The molecule has 1 saturated carbocycles. The Bertz CT molecular complexity index is 374. The maximum atomic E-state index is 8.94. The van der Waals surface area contributed by atoms with Gasteiger partial charge in [0.1, 0.15) is 5.69 Å². The van der Waals surface area contributed by atoms with Crippen LogP contribution in [-0.4, -0.2) is 44.1 Å². The first-order valence-corrected chi connectivity index (χ1v) is 6.59. The van der Waals surface area contributed by atoms with E-state index in [0.717, 1.165) is 12.6 Å². The largest absolute Gasteiger partial charge is 0.390 e. The van der Waals surface area contributed by atoms with E-state index in [0.29, 0.717) is 11.6 Å². The van der Waals surface area contributed by atoms with Crippen LogP contribution >= 0.6 is 0 Å². The highest BCUT2D eigenvalue weighted by atomic mass is 16.3. The quantitative estimate of drug-likeness (QED) is 0.833. The second-order valence-electron chi connectivity index (χ2n) is 5.32. The van der Waals surface area contributed by atoms with Crippen molar-refractivity contribution >= 4 is 0 Å². The Kier molecular flexibility index (Phi) is 3.11. The van der Waals surface area contributed by atoms with Gasteiger partial charge in [0.05, 0.1) is 12.8 Å². The fourth-order valence-electron chi connectivity index (χ4n) is 2.86. The van der Waals surface area contributed by atoms with Crippen LogP contribution in [0.2, 0.25) is 0 Å². The minimum atomic E-state index is -0.0150. The molecule has 1 aliphatic carbocycles. The van der Waals surface area contributed by atoms with Crippen LogP contribution in [0.4, 0.5) is 0 Å². The maximum absolute atomic E-state index is 8.94. The van der Waals surface area contributed by atoms with Crippen molar-refractivity contribution < 1.29 is 5.11 Å². The Labute approximate surface area is 101 Å². The van der Waals surface area contributed by atoms with Crippen molar-refractivity contribution in [1.82, 2.24) is 19.9 Å². The van der Waals surface area contributed by atoms with Crippen molar-refractivity contribution in [3.8, 4) is 0 Å². The van der Waals surface area contributed by atoms with E-state index in [9.17, 15) is 0 Å². The van der Waals surface area contributed by atoms with Gasteiger partial charge in [0.25, 0.3) is 0 Å². The molecule has 17 heavy (non-hydrogen) atoms. The summed E-state index contributed by atoms with van der Waals surface area (Å²) in [6, 6.07) is 0.865. The molecule has 0 bridgehead atoms. The molecule has 0 amide bonds. The molecule has 1 aliphatic heterocycles. The topological polar surface area (TPSA) is 54.2 Å². The first-order valence-electron chi connectivity index (χ1n) is 6.59. The van der Waals surface area contributed by atoms with Crippen molar-refractivity contribution in [3.63, 3.8) is 0 Å². The van der Waals surface area contributed by atoms with E-state index in [-0.39, 0.29) is 6.61 Å². The number of hydrogen-bond acceptors (Lipinski definition) is 4. The van der Waals surface area contributed by atoms with Crippen LogP contribution in [0.15, 0.2) is 6.20 Å². The summed E-state index contributed by atoms with van der Waals surface area (Å²) in [7, 11) is 0. The van der Waals surface area contributed by atoms with Gasteiger partial charge >= 0.3 is 0 Å². The zero-order valence-corrected chi connectivity index (χ0v) is 10.1.